The van der Waals surface area contributed by atoms with E-state index in [-0.39, 0.29) is 5.78 Å². The lowest BCUT2D eigenvalue weighted by atomic mass is 10.1. The van der Waals surface area contributed by atoms with Crippen LogP contribution < -0.4 is 11.1 Å². The standard InChI is InChI=1S/C21H18N2OS/c22-17-11-13-18(14-12-17)23-19(15-7-3-1-4-8-15)21(25)20(24)16-9-5-2-6-10-16/h1-14,23,25H,22H2/b21-19+. The number of ketones is 1. The lowest BCUT2D eigenvalue weighted by Gasteiger charge is -2.15. The van der Waals surface area contributed by atoms with Crippen molar-refractivity contribution >= 4 is 35.5 Å². The molecule has 0 heterocycles. The Morgan fingerprint density at radius 1 is 0.760 bits per heavy atom. The molecule has 0 aliphatic heterocycles. The van der Waals surface area contributed by atoms with Crippen LogP contribution in [-0.2, 0) is 0 Å². The predicted molar refractivity (Wildman–Crippen MR) is 108 cm³/mol. The zero-order chi connectivity index (χ0) is 17.6. The third-order valence-electron chi connectivity index (χ3n) is 3.73. The van der Waals surface area contributed by atoms with E-state index in [1.54, 1.807) is 12.1 Å². The number of carbonyl (C=O) groups is 1. The van der Waals surface area contributed by atoms with E-state index in [9.17, 15) is 4.79 Å². The maximum Gasteiger partial charge on any atom is 0.201 e. The second-order valence-electron chi connectivity index (χ2n) is 5.53. The summed E-state index contributed by atoms with van der Waals surface area (Å²) in [6, 6.07) is 26.1. The number of anilines is 2. The van der Waals surface area contributed by atoms with Crippen molar-refractivity contribution in [2.45, 2.75) is 0 Å². The minimum atomic E-state index is -0.134. The second kappa shape index (κ2) is 7.73. The Labute approximate surface area is 152 Å². The third kappa shape index (κ3) is 4.11. The first-order chi connectivity index (χ1) is 12.1. The number of hydrogen-bond acceptors (Lipinski definition) is 4. The van der Waals surface area contributed by atoms with E-state index in [1.165, 1.54) is 0 Å². The Balaban J connectivity index is 2.03. The maximum atomic E-state index is 12.8. The van der Waals surface area contributed by atoms with Crippen molar-refractivity contribution in [1.29, 1.82) is 0 Å². The summed E-state index contributed by atoms with van der Waals surface area (Å²) in [5.41, 5.74) is 9.40. The van der Waals surface area contributed by atoms with Gasteiger partial charge in [0.2, 0.25) is 5.78 Å². The van der Waals surface area contributed by atoms with Gasteiger partial charge in [0.25, 0.3) is 0 Å². The number of carbonyl (C=O) groups excluding carboxylic acids is 1. The van der Waals surface area contributed by atoms with E-state index in [4.69, 9.17) is 5.73 Å². The summed E-state index contributed by atoms with van der Waals surface area (Å²) < 4.78 is 0. The molecule has 3 rings (SSSR count). The van der Waals surface area contributed by atoms with Crippen molar-refractivity contribution in [2.75, 3.05) is 11.1 Å². The minimum Gasteiger partial charge on any atom is -0.399 e. The molecule has 0 bridgehead atoms. The van der Waals surface area contributed by atoms with E-state index in [2.05, 4.69) is 17.9 Å². The smallest absolute Gasteiger partial charge is 0.201 e. The molecule has 3 aromatic carbocycles. The van der Waals surface area contributed by atoms with Gasteiger partial charge >= 0.3 is 0 Å². The summed E-state index contributed by atoms with van der Waals surface area (Å²) in [5.74, 6) is -0.134. The first-order valence-electron chi connectivity index (χ1n) is 7.86. The van der Waals surface area contributed by atoms with Gasteiger partial charge in [0.15, 0.2) is 0 Å². The molecule has 0 unspecified atom stereocenters. The Morgan fingerprint density at radius 3 is 1.84 bits per heavy atom. The molecular formula is C21H18N2OS. The molecule has 3 nitrogen and oxygen atoms in total. The molecule has 0 saturated carbocycles. The van der Waals surface area contributed by atoms with Gasteiger partial charge in [0, 0.05) is 16.9 Å². The molecule has 0 radical (unpaired) electrons. The number of benzene rings is 3. The van der Waals surface area contributed by atoms with E-state index < -0.39 is 0 Å². The molecule has 0 amide bonds. The van der Waals surface area contributed by atoms with E-state index >= 15 is 0 Å². The van der Waals surface area contributed by atoms with Crippen molar-refractivity contribution in [3.05, 3.63) is 101 Å². The fourth-order valence-corrected chi connectivity index (χ4v) is 2.74. The summed E-state index contributed by atoms with van der Waals surface area (Å²) in [4.78, 5) is 13.2. The molecule has 3 aromatic rings. The molecule has 124 valence electrons. The molecule has 3 N–H and O–H groups in total. The van der Waals surface area contributed by atoms with Gasteiger partial charge in [0.1, 0.15) is 0 Å². The zero-order valence-electron chi connectivity index (χ0n) is 13.5. The topological polar surface area (TPSA) is 55.1 Å². The highest BCUT2D eigenvalue weighted by Crippen LogP contribution is 2.26. The first-order valence-corrected chi connectivity index (χ1v) is 8.31. The highest BCUT2D eigenvalue weighted by atomic mass is 32.1. The summed E-state index contributed by atoms with van der Waals surface area (Å²) in [6.45, 7) is 0. The fourth-order valence-electron chi connectivity index (χ4n) is 2.42. The van der Waals surface area contributed by atoms with E-state index in [0.29, 0.717) is 21.9 Å². The van der Waals surface area contributed by atoms with E-state index in [1.807, 2.05) is 72.8 Å². The summed E-state index contributed by atoms with van der Waals surface area (Å²) in [7, 11) is 0. The molecular weight excluding hydrogens is 328 g/mol. The fraction of sp³-hybridized carbons (Fsp3) is 0. The second-order valence-corrected chi connectivity index (χ2v) is 5.98. The predicted octanol–water partition coefficient (Wildman–Crippen LogP) is 4.86. The molecule has 0 aromatic heterocycles. The lowest BCUT2D eigenvalue weighted by molar-refractivity contribution is 0.104. The van der Waals surface area contributed by atoms with Crippen LogP contribution in [0.4, 0.5) is 11.4 Å². The molecule has 0 saturated heterocycles. The van der Waals surface area contributed by atoms with Gasteiger partial charge in [-0.25, -0.2) is 0 Å². The summed E-state index contributed by atoms with van der Waals surface area (Å²) in [6.07, 6.45) is 0. The van der Waals surface area contributed by atoms with Gasteiger partial charge in [-0.15, -0.1) is 12.6 Å². The molecule has 0 aliphatic rings. The number of nitrogen functional groups attached to an aromatic ring is 1. The van der Waals surface area contributed by atoms with Crippen molar-refractivity contribution in [1.82, 2.24) is 0 Å². The average molecular weight is 346 g/mol. The van der Waals surface area contributed by atoms with Gasteiger partial charge in [-0.2, -0.15) is 0 Å². The Bertz CT molecular complexity index is 888. The number of thiol groups is 1. The maximum absolute atomic E-state index is 12.8. The molecule has 0 atom stereocenters. The normalized spacial score (nSPS) is 11.6. The highest BCUT2D eigenvalue weighted by Gasteiger charge is 2.16. The largest absolute Gasteiger partial charge is 0.399 e. The van der Waals surface area contributed by atoms with Crippen LogP contribution in [0.1, 0.15) is 15.9 Å². The number of rotatable bonds is 5. The van der Waals surface area contributed by atoms with Crippen molar-refractivity contribution < 1.29 is 4.79 Å². The number of nitrogens with one attached hydrogen (secondary N) is 1. The van der Waals surface area contributed by atoms with Crippen molar-refractivity contribution in [3.8, 4) is 0 Å². The van der Waals surface area contributed by atoms with Crippen LogP contribution >= 0.6 is 12.6 Å². The Kier molecular flexibility index (Phi) is 5.21. The molecule has 0 spiro atoms. The van der Waals surface area contributed by atoms with Crippen molar-refractivity contribution in [2.24, 2.45) is 0 Å². The highest BCUT2D eigenvalue weighted by molar-refractivity contribution is 7.86. The van der Waals surface area contributed by atoms with Crippen LogP contribution in [0.2, 0.25) is 0 Å². The van der Waals surface area contributed by atoms with Gasteiger partial charge in [0.05, 0.1) is 10.6 Å². The monoisotopic (exact) mass is 346 g/mol. The van der Waals surface area contributed by atoms with E-state index in [0.717, 1.165) is 11.3 Å². The first kappa shape index (κ1) is 16.9. The van der Waals surface area contributed by atoms with Crippen LogP contribution in [0.15, 0.2) is 89.8 Å². The average Bonchev–Trinajstić information content (AvgIpc) is 2.68. The molecule has 0 fully saturated rings. The van der Waals surface area contributed by atoms with Crippen molar-refractivity contribution in [3.63, 3.8) is 0 Å². The van der Waals surface area contributed by atoms with Crippen LogP contribution in [-0.4, -0.2) is 5.78 Å². The lowest BCUT2D eigenvalue weighted by Crippen LogP contribution is -2.08. The number of hydrogen-bond donors (Lipinski definition) is 3. The Morgan fingerprint density at radius 2 is 1.28 bits per heavy atom. The summed E-state index contributed by atoms with van der Waals surface area (Å²) in [5, 5.41) is 3.30. The quantitative estimate of drug-likeness (QED) is 0.268. The zero-order valence-corrected chi connectivity index (χ0v) is 14.4. The minimum absolute atomic E-state index is 0.134. The number of allylic oxidation sites excluding steroid dienone is 1. The summed E-state index contributed by atoms with van der Waals surface area (Å²) >= 11 is 4.54. The van der Waals surface area contributed by atoms with Crippen LogP contribution in [0.5, 0.6) is 0 Å². The SMILES string of the molecule is Nc1ccc(N/C(=C(/S)C(=O)c2ccccc2)c2ccccc2)cc1. The molecule has 25 heavy (non-hydrogen) atoms. The van der Waals surface area contributed by atoms with Crippen LogP contribution in [0, 0.1) is 0 Å². The van der Waals surface area contributed by atoms with Gasteiger partial charge < -0.3 is 11.1 Å². The molecule has 0 aliphatic carbocycles. The van der Waals surface area contributed by atoms with Gasteiger partial charge in [-0.05, 0) is 29.8 Å². The number of Topliss-reactive ketones (excluding diaryl/α,β-unsaturated/α-hetero) is 1. The third-order valence-corrected chi connectivity index (χ3v) is 4.16. The van der Waals surface area contributed by atoms with Gasteiger partial charge in [-0.1, -0.05) is 60.7 Å². The van der Waals surface area contributed by atoms with Gasteiger partial charge in [-0.3, -0.25) is 4.79 Å². The number of nitrogens with two attached hydrogens (primary N) is 1. The Hall–Kier alpha value is -2.98. The molecule has 4 heteroatoms. The van der Waals surface area contributed by atoms with Crippen LogP contribution in [0.3, 0.4) is 0 Å². The van der Waals surface area contributed by atoms with Crippen LogP contribution in [0.25, 0.3) is 5.70 Å².